The van der Waals surface area contributed by atoms with Crippen molar-refractivity contribution in [2.75, 3.05) is 20.2 Å². The molecule has 0 N–H and O–H groups in total. The number of nitrogens with zero attached hydrogens (tertiary/aromatic N) is 2. The van der Waals surface area contributed by atoms with E-state index in [1.54, 1.807) is 0 Å². The van der Waals surface area contributed by atoms with Crippen molar-refractivity contribution in [2.45, 2.75) is 33.2 Å². The second kappa shape index (κ2) is 7.03. The predicted molar refractivity (Wildman–Crippen MR) is 73.8 cm³/mol. The Morgan fingerprint density at radius 3 is 2.72 bits per heavy atom. The van der Waals surface area contributed by atoms with Crippen molar-refractivity contribution in [3.05, 3.63) is 29.3 Å². The molecule has 3 nitrogen and oxygen atoms in total. The van der Waals surface area contributed by atoms with Crippen LogP contribution in [0.3, 0.4) is 0 Å². The molecular weight excluding hydrogens is 224 g/mol. The molecule has 0 aliphatic heterocycles. The first-order chi connectivity index (χ1) is 8.58. The zero-order valence-corrected chi connectivity index (χ0v) is 11.7. The van der Waals surface area contributed by atoms with Gasteiger partial charge in [-0.1, -0.05) is 12.1 Å². The normalized spacial score (nSPS) is 12.2. The monoisotopic (exact) mass is 246 g/mol. The molecule has 0 saturated carbocycles. The highest BCUT2D eigenvalue weighted by Crippen LogP contribution is 2.19. The molecule has 0 fully saturated rings. The highest BCUT2D eigenvalue weighted by atomic mass is 16.5. The Labute approximate surface area is 110 Å². The summed E-state index contributed by atoms with van der Waals surface area (Å²) in [7, 11) is 1.98. The van der Waals surface area contributed by atoms with E-state index in [2.05, 4.69) is 30.0 Å². The van der Waals surface area contributed by atoms with Gasteiger partial charge in [-0.15, -0.1) is 0 Å². The fourth-order valence-electron chi connectivity index (χ4n) is 1.78. The Kier molecular flexibility index (Phi) is 5.67. The minimum Gasteiger partial charge on any atom is -0.494 e. The zero-order valence-electron chi connectivity index (χ0n) is 11.7. The van der Waals surface area contributed by atoms with Crippen LogP contribution in [0.15, 0.2) is 18.2 Å². The lowest BCUT2D eigenvalue weighted by molar-refractivity contribution is 0.306. The third-order valence-electron chi connectivity index (χ3n) is 3.14. The fraction of sp³-hybridized carbons (Fsp3) is 0.533. The van der Waals surface area contributed by atoms with Gasteiger partial charge >= 0.3 is 0 Å². The Morgan fingerprint density at radius 2 is 2.17 bits per heavy atom. The lowest BCUT2D eigenvalue weighted by Gasteiger charge is -2.19. The SMILES string of the molecule is CCOc1ccc(CCN(C)C(C)C#N)cc1C. The van der Waals surface area contributed by atoms with E-state index in [0.29, 0.717) is 6.61 Å². The first-order valence-corrected chi connectivity index (χ1v) is 6.40. The lowest BCUT2D eigenvalue weighted by atomic mass is 10.1. The van der Waals surface area contributed by atoms with Crippen molar-refractivity contribution < 1.29 is 4.74 Å². The summed E-state index contributed by atoms with van der Waals surface area (Å²) in [4.78, 5) is 2.06. The smallest absolute Gasteiger partial charge is 0.122 e. The number of nitriles is 1. The quantitative estimate of drug-likeness (QED) is 0.774. The highest BCUT2D eigenvalue weighted by molar-refractivity contribution is 5.36. The Morgan fingerprint density at radius 1 is 1.44 bits per heavy atom. The summed E-state index contributed by atoms with van der Waals surface area (Å²) in [5.74, 6) is 0.958. The van der Waals surface area contributed by atoms with Gasteiger partial charge in [0.1, 0.15) is 5.75 Å². The number of rotatable bonds is 6. The van der Waals surface area contributed by atoms with Gasteiger partial charge in [0.15, 0.2) is 0 Å². The molecule has 0 spiro atoms. The Balaban J connectivity index is 2.59. The summed E-state index contributed by atoms with van der Waals surface area (Å²) in [5.41, 5.74) is 2.46. The molecule has 1 aromatic rings. The van der Waals surface area contributed by atoms with Crippen LogP contribution in [0.2, 0.25) is 0 Å². The molecule has 3 heteroatoms. The van der Waals surface area contributed by atoms with Crippen molar-refractivity contribution in [1.82, 2.24) is 4.90 Å². The Hall–Kier alpha value is -1.53. The van der Waals surface area contributed by atoms with Gasteiger partial charge < -0.3 is 4.74 Å². The van der Waals surface area contributed by atoms with E-state index < -0.39 is 0 Å². The van der Waals surface area contributed by atoms with Gasteiger partial charge in [-0.3, -0.25) is 4.90 Å². The van der Waals surface area contributed by atoms with Crippen LogP contribution in [0, 0.1) is 18.3 Å². The molecule has 1 rings (SSSR count). The van der Waals surface area contributed by atoms with Crippen LogP contribution < -0.4 is 4.74 Å². The van der Waals surface area contributed by atoms with Crippen LogP contribution >= 0.6 is 0 Å². The van der Waals surface area contributed by atoms with E-state index in [1.807, 2.05) is 27.0 Å². The standard InChI is InChI=1S/C15H22N2O/c1-5-18-15-7-6-14(10-12(15)2)8-9-17(4)13(3)11-16/h6-7,10,13H,5,8-9H2,1-4H3. The van der Waals surface area contributed by atoms with Gasteiger partial charge in [0, 0.05) is 6.54 Å². The minimum atomic E-state index is -0.0335. The third kappa shape index (κ3) is 4.05. The van der Waals surface area contributed by atoms with Gasteiger partial charge in [0.05, 0.1) is 18.7 Å². The largest absolute Gasteiger partial charge is 0.494 e. The summed E-state index contributed by atoms with van der Waals surface area (Å²) < 4.78 is 5.52. The van der Waals surface area contributed by atoms with Crippen molar-refractivity contribution in [1.29, 1.82) is 5.26 Å². The Bertz CT molecular complexity index is 423. The van der Waals surface area contributed by atoms with Crippen LogP contribution in [0.25, 0.3) is 0 Å². The van der Waals surface area contributed by atoms with Crippen molar-refractivity contribution in [2.24, 2.45) is 0 Å². The number of likely N-dealkylation sites (N-methyl/N-ethyl adjacent to an activating group) is 1. The van der Waals surface area contributed by atoms with Crippen molar-refractivity contribution >= 4 is 0 Å². The molecule has 1 aromatic carbocycles. The van der Waals surface area contributed by atoms with Gasteiger partial charge in [0.25, 0.3) is 0 Å². The maximum Gasteiger partial charge on any atom is 0.122 e. The molecule has 0 heterocycles. The number of hydrogen-bond acceptors (Lipinski definition) is 3. The maximum atomic E-state index is 8.83. The number of benzene rings is 1. The van der Waals surface area contributed by atoms with Gasteiger partial charge in [-0.25, -0.2) is 0 Å². The van der Waals surface area contributed by atoms with E-state index in [-0.39, 0.29) is 6.04 Å². The van der Waals surface area contributed by atoms with Crippen LogP contribution in [0.5, 0.6) is 5.75 Å². The summed E-state index contributed by atoms with van der Waals surface area (Å²) in [5, 5.41) is 8.83. The van der Waals surface area contributed by atoms with E-state index >= 15 is 0 Å². The molecule has 0 bridgehead atoms. The highest BCUT2D eigenvalue weighted by Gasteiger charge is 2.08. The van der Waals surface area contributed by atoms with E-state index in [0.717, 1.165) is 18.7 Å². The average Bonchev–Trinajstić information content (AvgIpc) is 2.38. The minimum absolute atomic E-state index is 0.0335. The number of hydrogen-bond donors (Lipinski definition) is 0. The van der Waals surface area contributed by atoms with Crippen LogP contribution in [0.1, 0.15) is 25.0 Å². The molecule has 0 aliphatic rings. The first-order valence-electron chi connectivity index (χ1n) is 6.40. The summed E-state index contributed by atoms with van der Waals surface area (Å²) >= 11 is 0. The number of aryl methyl sites for hydroxylation is 1. The second-order valence-electron chi connectivity index (χ2n) is 4.57. The molecule has 0 radical (unpaired) electrons. The van der Waals surface area contributed by atoms with Crippen molar-refractivity contribution in [3.8, 4) is 11.8 Å². The third-order valence-corrected chi connectivity index (χ3v) is 3.14. The average molecular weight is 246 g/mol. The van der Waals surface area contributed by atoms with Crippen molar-refractivity contribution in [3.63, 3.8) is 0 Å². The van der Waals surface area contributed by atoms with E-state index in [1.165, 1.54) is 11.1 Å². The first kappa shape index (κ1) is 14.5. The van der Waals surface area contributed by atoms with E-state index in [4.69, 9.17) is 10.00 Å². The molecule has 0 aliphatic carbocycles. The topological polar surface area (TPSA) is 36.3 Å². The molecule has 98 valence electrons. The summed E-state index contributed by atoms with van der Waals surface area (Å²) in [6.07, 6.45) is 0.954. The van der Waals surface area contributed by atoms with Crippen LogP contribution in [-0.4, -0.2) is 31.1 Å². The molecule has 0 aromatic heterocycles. The maximum absolute atomic E-state index is 8.83. The molecule has 0 amide bonds. The van der Waals surface area contributed by atoms with Gasteiger partial charge in [0.2, 0.25) is 0 Å². The predicted octanol–water partition coefficient (Wildman–Crippen LogP) is 2.78. The molecule has 1 unspecified atom stereocenters. The molecular formula is C15H22N2O. The summed E-state index contributed by atoms with van der Waals surface area (Å²) in [6, 6.07) is 8.50. The van der Waals surface area contributed by atoms with E-state index in [9.17, 15) is 0 Å². The number of ether oxygens (including phenoxy) is 1. The molecule has 1 atom stereocenters. The molecule has 18 heavy (non-hydrogen) atoms. The lowest BCUT2D eigenvalue weighted by Crippen LogP contribution is -2.29. The molecule has 0 saturated heterocycles. The zero-order chi connectivity index (χ0) is 13.5. The van der Waals surface area contributed by atoms with Gasteiger partial charge in [-0.2, -0.15) is 5.26 Å². The fourth-order valence-corrected chi connectivity index (χ4v) is 1.78. The van der Waals surface area contributed by atoms with Crippen LogP contribution in [0.4, 0.5) is 0 Å². The van der Waals surface area contributed by atoms with Crippen LogP contribution in [-0.2, 0) is 6.42 Å². The second-order valence-corrected chi connectivity index (χ2v) is 4.57. The van der Waals surface area contributed by atoms with Gasteiger partial charge in [-0.05, 0) is 51.4 Å². The summed E-state index contributed by atoms with van der Waals surface area (Å²) in [6.45, 7) is 7.57.